The molecule has 1 aromatic carbocycles. The summed E-state index contributed by atoms with van der Waals surface area (Å²) in [5, 5.41) is 2.65. The number of nitrogens with one attached hydrogen (secondary N) is 1. The van der Waals surface area contributed by atoms with Crippen LogP contribution < -0.4 is 5.32 Å². The summed E-state index contributed by atoms with van der Waals surface area (Å²) in [6, 6.07) is 3.39. The number of carbonyl (C=O) groups excluding carboxylic acids is 1. The summed E-state index contributed by atoms with van der Waals surface area (Å²) in [4.78, 5) is 11.5. The van der Waals surface area contributed by atoms with Crippen LogP contribution in [-0.4, -0.2) is 9.83 Å². The van der Waals surface area contributed by atoms with Crippen molar-refractivity contribution in [1.82, 2.24) is 0 Å². The Hall–Kier alpha value is -0.650. The van der Waals surface area contributed by atoms with Gasteiger partial charge >= 0.3 is 0 Å². The molecular weight excluding hydrogens is 308 g/mol. The lowest BCUT2D eigenvalue weighted by Gasteiger charge is -2.09. The number of aryl methyl sites for hydroxylation is 2. The van der Waals surface area contributed by atoms with E-state index in [2.05, 4.69) is 27.9 Å². The van der Waals surface area contributed by atoms with Crippen molar-refractivity contribution < 1.29 is 9.18 Å². The lowest BCUT2D eigenvalue weighted by Crippen LogP contribution is -2.21. The van der Waals surface area contributed by atoms with Crippen LogP contribution in [0.4, 0.5) is 10.1 Å². The van der Waals surface area contributed by atoms with Gasteiger partial charge in [0.05, 0.1) is 9.61 Å². The van der Waals surface area contributed by atoms with E-state index in [-0.39, 0.29) is 15.6 Å². The lowest BCUT2D eigenvalue weighted by atomic mass is 10.0. The molecule has 1 unspecified atom stereocenters. The fourth-order valence-corrected chi connectivity index (χ4v) is 2.23. The maximum Gasteiger partial charge on any atom is 0.237 e. The molecule has 0 aliphatic carbocycles. The van der Waals surface area contributed by atoms with E-state index in [9.17, 15) is 9.18 Å². The van der Waals surface area contributed by atoms with Crippen molar-refractivity contribution in [3.63, 3.8) is 0 Å². The first-order chi connectivity index (χ1) is 7.08. The first-order valence-corrected chi connectivity index (χ1v) is 6.06. The Morgan fingerprint density at radius 2 is 2.27 bits per heavy atom. The van der Waals surface area contributed by atoms with Crippen LogP contribution in [0.5, 0.6) is 0 Å². The number of hydrogen-bond donors (Lipinski definition) is 1. The largest absolute Gasteiger partial charge is 0.322 e. The van der Waals surface area contributed by atoms with E-state index in [1.807, 2.05) is 13.0 Å². The maximum atomic E-state index is 13.6. The molecule has 1 atom stereocenters. The maximum absolute atomic E-state index is 13.6. The van der Waals surface area contributed by atoms with Gasteiger partial charge in [0.25, 0.3) is 0 Å². The molecule has 1 aliphatic heterocycles. The van der Waals surface area contributed by atoms with Crippen LogP contribution in [0.25, 0.3) is 0 Å². The fourth-order valence-electron chi connectivity index (χ4n) is 1.77. The monoisotopic (exact) mass is 319 g/mol. The Morgan fingerprint density at radius 3 is 3.00 bits per heavy atom. The number of anilines is 1. The van der Waals surface area contributed by atoms with E-state index in [1.54, 1.807) is 0 Å². The number of alkyl halides is 1. The molecule has 4 heteroatoms. The third-order valence-electron chi connectivity index (χ3n) is 2.52. The van der Waals surface area contributed by atoms with E-state index < -0.39 is 0 Å². The van der Waals surface area contributed by atoms with Gasteiger partial charge in [0, 0.05) is 0 Å². The van der Waals surface area contributed by atoms with Gasteiger partial charge in [-0.3, -0.25) is 4.79 Å². The Labute approximate surface area is 101 Å². The number of fused-ring (bicyclic) bond motifs is 1. The van der Waals surface area contributed by atoms with E-state index in [1.165, 1.54) is 6.07 Å². The number of rotatable bonds is 0. The summed E-state index contributed by atoms with van der Waals surface area (Å²) in [6.45, 7) is 1.86. The number of benzene rings is 1. The molecule has 0 saturated carbocycles. The Morgan fingerprint density at radius 1 is 1.53 bits per heavy atom. The normalized spacial score (nSPS) is 20.5. The van der Waals surface area contributed by atoms with Crippen molar-refractivity contribution >= 4 is 34.2 Å². The summed E-state index contributed by atoms with van der Waals surface area (Å²) in [5.74, 6) is -0.430. The third-order valence-corrected chi connectivity index (χ3v) is 3.70. The smallest absolute Gasteiger partial charge is 0.237 e. The topological polar surface area (TPSA) is 29.1 Å². The molecule has 2 rings (SSSR count). The minimum atomic E-state index is -0.330. The van der Waals surface area contributed by atoms with Gasteiger partial charge in [0.2, 0.25) is 5.91 Å². The van der Waals surface area contributed by atoms with Gasteiger partial charge in [-0.05, 0) is 37.0 Å². The second-order valence-electron chi connectivity index (χ2n) is 3.78. The molecule has 15 heavy (non-hydrogen) atoms. The van der Waals surface area contributed by atoms with Crippen LogP contribution >= 0.6 is 22.6 Å². The zero-order valence-corrected chi connectivity index (χ0v) is 10.5. The summed E-state index contributed by atoms with van der Waals surface area (Å²) in [7, 11) is 0. The quantitative estimate of drug-likeness (QED) is 0.578. The fraction of sp³-hybridized carbons (Fsp3) is 0.364. The van der Waals surface area contributed by atoms with E-state index in [0.717, 1.165) is 24.0 Å². The molecule has 1 heterocycles. The standard InChI is InChI=1S/C11H11FINO/c1-6-4-7-2-3-9(13)11(15)14-10(7)8(12)5-6/h4-5,9H,2-3H2,1H3,(H,14,15). The van der Waals surface area contributed by atoms with Crippen molar-refractivity contribution in [2.24, 2.45) is 0 Å². The van der Waals surface area contributed by atoms with Crippen LogP contribution in [-0.2, 0) is 11.2 Å². The van der Waals surface area contributed by atoms with Crippen LogP contribution in [0.2, 0.25) is 0 Å². The SMILES string of the molecule is Cc1cc(F)c2c(c1)CCC(I)C(=O)N2. The molecule has 0 saturated heterocycles. The molecule has 1 amide bonds. The second-order valence-corrected chi connectivity index (χ2v) is 5.28. The molecule has 0 spiro atoms. The molecule has 2 nitrogen and oxygen atoms in total. The molecule has 0 fully saturated rings. The van der Waals surface area contributed by atoms with Gasteiger partial charge in [0.1, 0.15) is 5.82 Å². The molecule has 0 radical (unpaired) electrons. The third kappa shape index (κ3) is 2.14. The average Bonchev–Trinajstić information content (AvgIpc) is 2.30. The predicted molar refractivity (Wildman–Crippen MR) is 65.9 cm³/mol. The van der Waals surface area contributed by atoms with Gasteiger partial charge in [-0.2, -0.15) is 0 Å². The van der Waals surface area contributed by atoms with Crippen molar-refractivity contribution in [3.05, 3.63) is 29.1 Å². The summed E-state index contributed by atoms with van der Waals surface area (Å²) >= 11 is 2.09. The first kappa shape index (κ1) is 10.9. The van der Waals surface area contributed by atoms with Crippen molar-refractivity contribution in [3.8, 4) is 0 Å². The highest BCUT2D eigenvalue weighted by molar-refractivity contribution is 14.1. The van der Waals surface area contributed by atoms with Gasteiger partial charge in [-0.25, -0.2) is 4.39 Å². The molecular formula is C11H11FINO. The summed E-state index contributed by atoms with van der Waals surface area (Å²) in [6.07, 6.45) is 1.52. The van der Waals surface area contributed by atoms with E-state index in [0.29, 0.717) is 5.69 Å². The first-order valence-electron chi connectivity index (χ1n) is 4.82. The Bertz CT molecular complexity index is 419. The van der Waals surface area contributed by atoms with Crippen molar-refractivity contribution in [2.75, 3.05) is 5.32 Å². The predicted octanol–water partition coefficient (Wildman–Crippen LogP) is 2.82. The zero-order chi connectivity index (χ0) is 11.0. The molecule has 1 N–H and O–H groups in total. The molecule has 80 valence electrons. The Balaban J connectivity index is 2.47. The molecule has 0 bridgehead atoms. The molecule has 1 aliphatic rings. The lowest BCUT2D eigenvalue weighted by molar-refractivity contribution is -0.115. The highest BCUT2D eigenvalue weighted by atomic mass is 127. The highest BCUT2D eigenvalue weighted by Crippen LogP contribution is 2.28. The van der Waals surface area contributed by atoms with Crippen LogP contribution in [0.3, 0.4) is 0 Å². The minimum Gasteiger partial charge on any atom is -0.322 e. The number of halogens is 2. The van der Waals surface area contributed by atoms with Gasteiger partial charge in [-0.1, -0.05) is 28.7 Å². The van der Waals surface area contributed by atoms with Crippen LogP contribution in [0.1, 0.15) is 17.5 Å². The van der Waals surface area contributed by atoms with Crippen LogP contribution in [0.15, 0.2) is 12.1 Å². The van der Waals surface area contributed by atoms with E-state index >= 15 is 0 Å². The van der Waals surface area contributed by atoms with E-state index in [4.69, 9.17) is 0 Å². The van der Waals surface area contributed by atoms with Gasteiger partial charge in [-0.15, -0.1) is 0 Å². The van der Waals surface area contributed by atoms with Crippen molar-refractivity contribution in [2.45, 2.75) is 23.7 Å². The summed E-state index contributed by atoms with van der Waals surface area (Å²) in [5.41, 5.74) is 2.16. The molecule has 1 aromatic rings. The van der Waals surface area contributed by atoms with Gasteiger partial charge in [0.15, 0.2) is 0 Å². The Kier molecular flexibility index (Phi) is 2.95. The highest BCUT2D eigenvalue weighted by Gasteiger charge is 2.23. The number of carbonyl (C=O) groups is 1. The minimum absolute atomic E-state index is 0.0743. The van der Waals surface area contributed by atoms with Gasteiger partial charge < -0.3 is 5.32 Å². The average molecular weight is 319 g/mol. The van der Waals surface area contributed by atoms with Crippen LogP contribution in [0, 0.1) is 12.7 Å². The molecule has 0 aromatic heterocycles. The number of hydrogen-bond acceptors (Lipinski definition) is 1. The summed E-state index contributed by atoms with van der Waals surface area (Å²) < 4.78 is 13.5. The second kappa shape index (κ2) is 4.08. The number of amides is 1. The van der Waals surface area contributed by atoms with Crippen molar-refractivity contribution in [1.29, 1.82) is 0 Å². The zero-order valence-electron chi connectivity index (χ0n) is 8.31.